The maximum absolute atomic E-state index is 4.58. The number of allylic oxidation sites excluding steroid dienone is 1. The molecule has 0 aliphatic heterocycles. The monoisotopic (exact) mass is 252 g/mol. The Hall–Kier alpha value is -0.750. The van der Waals surface area contributed by atoms with Crippen LogP contribution < -0.4 is 0 Å². The second-order valence-corrected chi connectivity index (χ2v) is 7.59. The molecule has 0 aliphatic carbocycles. The van der Waals surface area contributed by atoms with E-state index in [4.69, 9.17) is 0 Å². The van der Waals surface area contributed by atoms with E-state index in [9.17, 15) is 0 Å². The van der Waals surface area contributed by atoms with Crippen LogP contribution in [-0.4, -0.2) is 28.4 Å². The molecule has 0 rings (SSSR count). The van der Waals surface area contributed by atoms with Gasteiger partial charge in [0.1, 0.15) is 0 Å². The molecule has 0 bridgehead atoms. The normalized spacial score (nSPS) is 12.7. The highest BCUT2D eigenvalue weighted by Crippen LogP contribution is 2.29. The average Bonchev–Trinajstić information content (AvgIpc) is 2.06. The maximum Gasteiger partial charge on any atom is 0.0815 e. The second-order valence-electron chi connectivity index (χ2n) is 7.59. The Kier molecular flexibility index (Phi) is 5.68. The third kappa shape index (κ3) is 5.73. The number of rotatable bonds is 3. The first kappa shape index (κ1) is 17.2. The standard InChI is InChI=1S/C16H32N2/c1-12(2)18(13(3)4)14(15(5,6)7)11-17-16(8,9)10/h12-13H,1-10H3. The summed E-state index contributed by atoms with van der Waals surface area (Å²) in [5, 5.41) is 0. The molecule has 0 aromatic carbocycles. The summed E-state index contributed by atoms with van der Waals surface area (Å²) in [7, 11) is 0. The topological polar surface area (TPSA) is 15.6 Å². The van der Waals surface area contributed by atoms with Crippen LogP contribution in [0.4, 0.5) is 0 Å². The van der Waals surface area contributed by atoms with Gasteiger partial charge in [0.2, 0.25) is 0 Å². The minimum Gasteiger partial charge on any atom is -0.362 e. The van der Waals surface area contributed by atoms with Crippen LogP contribution in [0.3, 0.4) is 0 Å². The van der Waals surface area contributed by atoms with Gasteiger partial charge in [0.15, 0.2) is 0 Å². The van der Waals surface area contributed by atoms with Crippen molar-refractivity contribution in [1.82, 2.24) is 4.90 Å². The van der Waals surface area contributed by atoms with Crippen molar-refractivity contribution in [1.29, 1.82) is 0 Å². The lowest BCUT2D eigenvalue weighted by molar-refractivity contribution is 0.188. The van der Waals surface area contributed by atoms with Gasteiger partial charge < -0.3 is 4.90 Å². The number of hydrogen-bond acceptors (Lipinski definition) is 2. The Labute approximate surface area is 114 Å². The molecular weight excluding hydrogens is 220 g/mol. The van der Waals surface area contributed by atoms with Crippen LogP contribution in [0.25, 0.3) is 0 Å². The van der Waals surface area contributed by atoms with Gasteiger partial charge in [0.05, 0.1) is 11.2 Å². The first-order valence-electron chi connectivity index (χ1n) is 7.00. The van der Waals surface area contributed by atoms with Gasteiger partial charge in [-0.15, -0.1) is 0 Å². The zero-order valence-electron chi connectivity index (χ0n) is 14.0. The summed E-state index contributed by atoms with van der Waals surface area (Å²) in [4.78, 5) is 6.99. The van der Waals surface area contributed by atoms with Gasteiger partial charge in [-0.1, -0.05) is 20.8 Å². The van der Waals surface area contributed by atoms with Crippen molar-refractivity contribution in [2.45, 2.75) is 86.9 Å². The average molecular weight is 252 g/mol. The minimum atomic E-state index is -0.0733. The Morgan fingerprint density at radius 3 is 1.50 bits per heavy atom. The summed E-state index contributed by atoms with van der Waals surface area (Å²) in [5.74, 6) is 3.33. The molecule has 0 aromatic rings. The Morgan fingerprint density at radius 2 is 1.28 bits per heavy atom. The predicted octanol–water partition coefficient (Wildman–Crippen LogP) is 4.50. The van der Waals surface area contributed by atoms with Gasteiger partial charge in [-0.05, 0) is 48.5 Å². The molecule has 0 spiro atoms. The van der Waals surface area contributed by atoms with E-state index in [-0.39, 0.29) is 11.0 Å². The van der Waals surface area contributed by atoms with Crippen molar-refractivity contribution >= 4 is 5.87 Å². The molecule has 106 valence electrons. The smallest absolute Gasteiger partial charge is 0.0815 e. The number of nitrogens with zero attached hydrogens (tertiary/aromatic N) is 2. The highest BCUT2D eigenvalue weighted by Gasteiger charge is 2.27. The molecule has 0 saturated heterocycles. The van der Waals surface area contributed by atoms with E-state index in [1.54, 1.807) is 0 Å². The fourth-order valence-electron chi connectivity index (χ4n) is 1.95. The molecule has 0 radical (unpaired) electrons. The summed E-state index contributed by atoms with van der Waals surface area (Å²) in [6, 6.07) is 0.920. The summed E-state index contributed by atoms with van der Waals surface area (Å²) < 4.78 is 0. The molecule has 0 unspecified atom stereocenters. The SMILES string of the molecule is CC(C)N(C(=C=NC(C)(C)C)C(C)(C)C)C(C)C. The Bertz CT molecular complexity index is 310. The molecule has 0 aromatic heterocycles. The number of aliphatic imine (C=N–C) groups is 1. The van der Waals surface area contributed by atoms with Gasteiger partial charge in [0, 0.05) is 23.4 Å². The minimum absolute atomic E-state index is 0.0588. The van der Waals surface area contributed by atoms with Crippen molar-refractivity contribution in [2.24, 2.45) is 10.4 Å². The summed E-state index contributed by atoms with van der Waals surface area (Å²) in [5.41, 5.74) is 1.18. The quantitative estimate of drug-likeness (QED) is 0.675. The lowest BCUT2D eigenvalue weighted by Crippen LogP contribution is -2.41. The van der Waals surface area contributed by atoms with Crippen LogP contribution in [0, 0.1) is 5.41 Å². The Morgan fingerprint density at radius 1 is 0.889 bits per heavy atom. The van der Waals surface area contributed by atoms with Gasteiger partial charge in [0.25, 0.3) is 0 Å². The predicted molar refractivity (Wildman–Crippen MR) is 82.3 cm³/mol. The van der Waals surface area contributed by atoms with Crippen LogP contribution in [0.5, 0.6) is 0 Å². The molecule has 0 heterocycles. The third-order valence-electron chi connectivity index (χ3n) is 2.58. The van der Waals surface area contributed by atoms with Crippen molar-refractivity contribution in [2.75, 3.05) is 0 Å². The molecule has 0 saturated carbocycles. The van der Waals surface area contributed by atoms with Crippen molar-refractivity contribution in [3.63, 3.8) is 0 Å². The first-order chi connectivity index (χ1) is 7.86. The molecule has 0 atom stereocenters. The first-order valence-corrected chi connectivity index (χ1v) is 7.00. The molecule has 0 aliphatic rings. The molecule has 0 amide bonds. The molecule has 2 nitrogen and oxygen atoms in total. The van der Waals surface area contributed by atoms with Crippen molar-refractivity contribution in [3.8, 4) is 0 Å². The van der Waals surface area contributed by atoms with E-state index in [1.807, 2.05) is 0 Å². The van der Waals surface area contributed by atoms with Crippen LogP contribution in [0.15, 0.2) is 10.7 Å². The fourth-order valence-corrected chi connectivity index (χ4v) is 1.95. The van der Waals surface area contributed by atoms with E-state index in [0.717, 1.165) is 0 Å². The van der Waals surface area contributed by atoms with E-state index in [2.05, 4.69) is 85.0 Å². The molecule has 0 N–H and O–H groups in total. The summed E-state index contributed by atoms with van der Waals surface area (Å²) >= 11 is 0. The lowest BCUT2D eigenvalue weighted by Gasteiger charge is -2.39. The molecule has 2 heteroatoms. The van der Waals surface area contributed by atoms with Crippen LogP contribution in [0.1, 0.15) is 69.2 Å². The van der Waals surface area contributed by atoms with Gasteiger partial charge in [-0.2, -0.15) is 0 Å². The molecule has 0 fully saturated rings. The second kappa shape index (κ2) is 5.93. The highest BCUT2D eigenvalue weighted by atomic mass is 15.2. The van der Waals surface area contributed by atoms with E-state index >= 15 is 0 Å². The van der Waals surface area contributed by atoms with Crippen LogP contribution >= 0.6 is 0 Å². The van der Waals surface area contributed by atoms with E-state index < -0.39 is 0 Å². The fraction of sp³-hybridized carbons (Fsp3) is 0.875. The van der Waals surface area contributed by atoms with Gasteiger partial charge in [-0.25, -0.2) is 4.99 Å². The molecular formula is C16H32N2. The molecule has 18 heavy (non-hydrogen) atoms. The zero-order valence-corrected chi connectivity index (χ0v) is 14.0. The van der Waals surface area contributed by atoms with Crippen molar-refractivity contribution in [3.05, 3.63) is 5.70 Å². The summed E-state index contributed by atoms with van der Waals surface area (Å²) in [6.07, 6.45) is 0. The summed E-state index contributed by atoms with van der Waals surface area (Å²) in [6.45, 7) is 21.9. The maximum atomic E-state index is 4.58. The van der Waals surface area contributed by atoms with E-state index in [1.165, 1.54) is 5.70 Å². The Balaban J connectivity index is 5.72. The number of hydrogen-bond donors (Lipinski definition) is 0. The van der Waals surface area contributed by atoms with Crippen LogP contribution in [-0.2, 0) is 0 Å². The highest BCUT2D eigenvalue weighted by molar-refractivity contribution is 5.59. The zero-order chi connectivity index (χ0) is 14.7. The lowest BCUT2D eigenvalue weighted by atomic mass is 9.90. The van der Waals surface area contributed by atoms with E-state index in [0.29, 0.717) is 12.1 Å². The third-order valence-corrected chi connectivity index (χ3v) is 2.58. The largest absolute Gasteiger partial charge is 0.362 e. The van der Waals surface area contributed by atoms with Crippen molar-refractivity contribution < 1.29 is 0 Å². The van der Waals surface area contributed by atoms with Crippen LogP contribution in [0.2, 0.25) is 0 Å². The van der Waals surface area contributed by atoms with Gasteiger partial charge >= 0.3 is 0 Å². The van der Waals surface area contributed by atoms with Gasteiger partial charge in [-0.3, -0.25) is 0 Å².